The van der Waals surface area contributed by atoms with Gasteiger partial charge in [-0.15, -0.1) is 0 Å². The van der Waals surface area contributed by atoms with E-state index in [0.717, 1.165) is 21.5 Å². The van der Waals surface area contributed by atoms with Gasteiger partial charge in [-0.05, 0) is 66.7 Å². The minimum Gasteiger partial charge on any atom is -0.306 e. The molecule has 4 unspecified atom stereocenters. The fourth-order valence-electron chi connectivity index (χ4n) is 4.90. The molecular weight excluding hydrogens is 301 g/mol. The van der Waals surface area contributed by atoms with Crippen LogP contribution in [0.3, 0.4) is 0 Å². The molecule has 0 saturated heterocycles. The second-order valence-corrected chi connectivity index (χ2v) is 8.75. The molecule has 21 heavy (non-hydrogen) atoms. The lowest BCUT2D eigenvalue weighted by Crippen LogP contribution is -2.51. The maximum atomic E-state index is 6.36. The monoisotopic (exact) mass is 325 g/mol. The highest BCUT2D eigenvalue weighted by Crippen LogP contribution is 2.62. The summed E-state index contributed by atoms with van der Waals surface area (Å²) in [4.78, 5) is 0. The summed E-state index contributed by atoms with van der Waals surface area (Å²) in [5.41, 5.74) is 1.88. The Labute approximate surface area is 138 Å². The van der Waals surface area contributed by atoms with Crippen LogP contribution in [0.5, 0.6) is 0 Å². The molecule has 4 atom stereocenters. The molecule has 1 nitrogen and oxygen atoms in total. The molecule has 2 aliphatic rings. The van der Waals surface area contributed by atoms with E-state index < -0.39 is 0 Å². The Morgan fingerprint density at radius 2 is 1.95 bits per heavy atom. The molecular formula is C18H25Cl2N. The van der Waals surface area contributed by atoms with Gasteiger partial charge >= 0.3 is 0 Å². The molecule has 3 rings (SSSR count). The third-order valence-corrected chi connectivity index (χ3v) is 6.69. The molecule has 1 aromatic rings. The second-order valence-electron chi connectivity index (χ2n) is 7.90. The van der Waals surface area contributed by atoms with Gasteiger partial charge < -0.3 is 5.32 Å². The van der Waals surface area contributed by atoms with Crippen LogP contribution < -0.4 is 5.32 Å². The van der Waals surface area contributed by atoms with E-state index in [1.54, 1.807) is 0 Å². The first-order chi connectivity index (χ1) is 9.74. The van der Waals surface area contributed by atoms with E-state index in [-0.39, 0.29) is 6.04 Å². The van der Waals surface area contributed by atoms with Crippen LogP contribution >= 0.6 is 23.2 Å². The quantitative estimate of drug-likeness (QED) is 0.733. The van der Waals surface area contributed by atoms with Crippen molar-refractivity contribution in [1.29, 1.82) is 0 Å². The summed E-state index contributed by atoms with van der Waals surface area (Å²) in [5.74, 6) is 0.849. The van der Waals surface area contributed by atoms with E-state index in [1.807, 2.05) is 18.2 Å². The van der Waals surface area contributed by atoms with Crippen molar-refractivity contribution in [1.82, 2.24) is 5.32 Å². The summed E-state index contributed by atoms with van der Waals surface area (Å²) in [6.07, 6.45) is 4.08. The number of rotatable bonds is 3. The first kappa shape index (κ1) is 15.6. The molecule has 0 amide bonds. The third kappa shape index (κ3) is 2.52. The summed E-state index contributed by atoms with van der Waals surface area (Å²) >= 11 is 12.5. The Balaban J connectivity index is 1.84. The van der Waals surface area contributed by atoms with Crippen LogP contribution in [0.15, 0.2) is 18.2 Å². The zero-order chi connectivity index (χ0) is 15.4. The van der Waals surface area contributed by atoms with Gasteiger partial charge in [0.15, 0.2) is 0 Å². The molecule has 2 fully saturated rings. The molecule has 2 saturated carbocycles. The van der Waals surface area contributed by atoms with Crippen molar-refractivity contribution < 1.29 is 0 Å². The smallest absolute Gasteiger partial charge is 0.0454 e. The highest BCUT2D eigenvalue weighted by Gasteiger charge is 2.59. The van der Waals surface area contributed by atoms with Crippen molar-refractivity contribution in [3.63, 3.8) is 0 Å². The standard InChI is InChI=1S/C18H25Cl2N/c1-11(14-9-13(19)5-6-15(14)20)21-16-17(2,3)12-7-8-18(16,4)10-12/h5-6,9,11-12,16,21H,7-8,10H2,1-4H3. The van der Waals surface area contributed by atoms with Gasteiger partial charge in [0.25, 0.3) is 0 Å². The van der Waals surface area contributed by atoms with Gasteiger partial charge in [-0.3, -0.25) is 0 Å². The summed E-state index contributed by atoms with van der Waals surface area (Å²) in [7, 11) is 0. The van der Waals surface area contributed by atoms with E-state index >= 15 is 0 Å². The minimum absolute atomic E-state index is 0.219. The lowest BCUT2D eigenvalue weighted by atomic mass is 9.68. The van der Waals surface area contributed by atoms with Crippen molar-refractivity contribution in [2.75, 3.05) is 0 Å². The normalized spacial score (nSPS) is 35.1. The zero-order valence-electron chi connectivity index (χ0n) is 13.3. The predicted molar refractivity (Wildman–Crippen MR) is 91.0 cm³/mol. The van der Waals surface area contributed by atoms with Crippen molar-refractivity contribution in [3.8, 4) is 0 Å². The number of fused-ring (bicyclic) bond motifs is 2. The third-order valence-electron chi connectivity index (χ3n) is 6.11. The molecule has 2 bridgehead atoms. The zero-order valence-corrected chi connectivity index (χ0v) is 14.9. The van der Waals surface area contributed by atoms with Crippen LogP contribution in [0.1, 0.15) is 58.6 Å². The Kier molecular flexibility index (Phi) is 3.83. The Morgan fingerprint density at radius 3 is 2.57 bits per heavy atom. The molecule has 0 aromatic heterocycles. The number of hydrogen-bond acceptors (Lipinski definition) is 1. The van der Waals surface area contributed by atoms with Crippen LogP contribution in [-0.4, -0.2) is 6.04 Å². The highest BCUT2D eigenvalue weighted by atomic mass is 35.5. The van der Waals surface area contributed by atoms with Gasteiger partial charge in [0.2, 0.25) is 0 Å². The van der Waals surface area contributed by atoms with Gasteiger partial charge in [0.05, 0.1) is 0 Å². The second kappa shape index (κ2) is 5.15. The maximum absolute atomic E-state index is 6.36. The fraction of sp³-hybridized carbons (Fsp3) is 0.667. The summed E-state index contributed by atoms with van der Waals surface area (Å²) in [6, 6.07) is 6.49. The first-order valence-corrected chi connectivity index (χ1v) is 8.70. The van der Waals surface area contributed by atoms with E-state index in [9.17, 15) is 0 Å². The largest absolute Gasteiger partial charge is 0.306 e. The van der Waals surface area contributed by atoms with Gasteiger partial charge in [-0.25, -0.2) is 0 Å². The topological polar surface area (TPSA) is 12.0 Å². The van der Waals surface area contributed by atoms with Crippen LogP contribution in [0.25, 0.3) is 0 Å². The van der Waals surface area contributed by atoms with Gasteiger partial charge in [0, 0.05) is 22.1 Å². The molecule has 0 heterocycles. The summed E-state index contributed by atoms with van der Waals surface area (Å²) in [5, 5.41) is 5.43. The number of hydrogen-bond donors (Lipinski definition) is 1. The van der Waals surface area contributed by atoms with E-state index in [1.165, 1.54) is 19.3 Å². The molecule has 0 aliphatic heterocycles. The summed E-state index contributed by atoms with van der Waals surface area (Å²) in [6.45, 7) is 9.49. The number of benzene rings is 1. The van der Waals surface area contributed by atoms with Crippen LogP contribution in [-0.2, 0) is 0 Å². The fourth-order valence-corrected chi connectivity index (χ4v) is 5.37. The minimum atomic E-state index is 0.219. The highest BCUT2D eigenvalue weighted by molar-refractivity contribution is 6.33. The Bertz CT molecular complexity index is 549. The van der Waals surface area contributed by atoms with Gasteiger partial charge in [0.1, 0.15) is 0 Å². The van der Waals surface area contributed by atoms with Crippen molar-refractivity contribution >= 4 is 23.2 Å². The SMILES string of the molecule is CC(NC1C2(C)CCC(C2)C1(C)C)c1cc(Cl)ccc1Cl. The van der Waals surface area contributed by atoms with Crippen molar-refractivity contribution in [3.05, 3.63) is 33.8 Å². The molecule has 0 radical (unpaired) electrons. The molecule has 0 spiro atoms. The molecule has 2 aliphatic carbocycles. The van der Waals surface area contributed by atoms with Gasteiger partial charge in [-0.2, -0.15) is 0 Å². The van der Waals surface area contributed by atoms with Crippen molar-refractivity contribution in [2.24, 2.45) is 16.7 Å². The Morgan fingerprint density at radius 1 is 1.24 bits per heavy atom. The summed E-state index contributed by atoms with van der Waals surface area (Å²) < 4.78 is 0. The lowest BCUT2D eigenvalue weighted by Gasteiger charge is -2.44. The van der Waals surface area contributed by atoms with Crippen LogP contribution in [0.4, 0.5) is 0 Å². The van der Waals surface area contributed by atoms with E-state index in [0.29, 0.717) is 16.9 Å². The number of nitrogens with one attached hydrogen (secondary N) is 1. The average Bonchev–Trinajstić information content (AvgIpc) is 2.88. The Hall–Kier alpha value is -0.240. The predicted octanol–water partition coefficient (Wildman–Crippen LogP) is 5.86. The molecule has 116 valence electrons. The molecule has 1 N–H and O–H groups in total. The van der Waals surface area contributed by atoms with Crippen LogP contribution in [0.2, 0.25) is 10.0 Å². The van der Waals surface area contributed by atoms with Crippen LogP contribution in [0, 0.1) is 16.7 Å². The van der Waals surface area contributed by atoms with E-state index in [4.69, 9.17) is 23.2 Å². The van der Waals surface area contributed by atoms with Gasteiger partial charge in [-0.1, -0.05) is 44.0 Å². The maximum Gasteiger partial charge on any atom is 0.0454 e. The molecule has 1 aromatic carbocycles. The van der Waals surface area contributed by atoms with E-state index in [2.05, 4.69) is 33.0 Å². The molecule has 3 heteroatoms. The lowest BCUT2D eigenvalue weighted by molar-refractivity contribution is 0.100. The van der Waals surface area contributed by atoms with Crippen molar-refractivity contribution in [2.45, 2.75) is 59.0 Å². The number of halogens is 2. The first-order valence-electron chi connectivity index (χ1n) is 7.95. The average molecular weight is 326 g/mol.